The number of hydrogen-bond donors (Lipinski definition) is 1. The predicted molar refractivity (Wildman–Crippen MR) is 82.2 cm³/mol. The molecular weight excluding hydrogens is 278 g/mol. The van der Waals surface area contributed by atoms with Gasteiger partial charge in [-0.25, -0.2) is 9.97 Å². The van der Waals surface area contributed by atoms with Crippen LogP contribution in [0.25, 0.3) is 10.2 Å². The van der Waals surface area contributed by atoms with Crippen molar-refractivity contribution in [2.45, 2.75) is 33.1 Å². The molecule has 3 rings (SSSR count). The van der Waals surface area contributed by atoms with Crippen molar-refractivity contribution in [1.82, 2.24) is 9.97 Å². The van der Waals surface area contributed by atoms with Crippen LogP contribution in [0.3, 0.4) is 0 Å². The van der Waals surface area contributed by atoms with Crippen molar-refractivity contribution in [3.05, 3.63) is 16.2 Å². The molecule has 3 nitrogen and oxygen atoms in total. The molecule has 0 bridgehead atoms. The number of fused-ring (bicyclic) bond motifs is 1. The van der Waals surface area contributed by atoms with Crippen molar-refractivity contribution in [3.63, 3.8) is 0 Å². The lowest BCUT2D eigenvalue weighted by molar-refractivity contribution is 0.439. The molecule has 2 aromatic rings. The van der Waals surface area contributed by atoms with Gasteiger partial charge in [0.25, 0.3) is 0 Å². The van der Waals surface area contributed by atoms with Crippen LogP contribution in [0.2, 0.25) is 5.28 Å². The molecule has 2 heterocycles. The van der Waals surface area contributed by atoms with Gasteiger partial charge in [-0.2, -0.15) is 0 Å². The van der Waals surface area contributed by atoms with Gasteiger partial charge in [0.05, 0.1) is 5.39 Å². The van der Waals surface area contributed by atoms with E-state index in [4.69, 9.17) is 11.6 Å². The standard InChI is InChI=1S/C14H18ClN3S/c1-8-4-3-5-10(8)7-16-12-11-6-9(2)19-13(11)18-14(15)17-12/h6,8,10H,3-5,7H2,1-2H3,(H,16,17,18). The van der Waals surface area contributed by atoms with Crippen LogP contribution in [0.1, 0.15) is 31.1 Å². The fourth-order valence-electron chi connectivity index (χ4n) is 2.90. The Morgan fingerprint density at radius 1 is 1.42 bits per heavy atom. The molecule has 2 aromatic heterocycles. The van der Waals surface area contributed by atoms with Gasteiger partial charge in [0.2, 0.25) is 5.28 Å². The monoisotopic (exact) mass is 295 g/mol. The average Bonchev–Trinajstić information content (AvgIpc) is 2.91. The highest BCUT2D eigenvalue weighted by Crippen LogP contribution is 2.33. The van der Waals surface area contributed by atoms with Gasteiger partial charge in [0.15, 0.2) is 0 Å². The van der Waals surface area contributed by atoms with Crippen LogP contribution >= 0.6 is 22.9 Å². The Labute approximate surface area is 122 Å². The summed E-state index contributed by atoms with van der Waals surface area (Å²) < 4.78 is 0. The number of halogens is 1. The number of nitrogens with zero attached hydrogens (tertiary/aromatic N) is 2. The van der Waals surface area contributed by atoms with Crippen molar-refractivity contribution < 1.29 is 0 Å². The van der Waals surface area contributed by atoms with Gasteiger partial charge in [-0.15, -0.1) is 11.3 Å². The highest BCUT2D eigenvalue weighted by Gasteiger charge is 2.23. The quantitative estimate of drug-likeness (QED) is 0.847. The Kier molecular flexibility index (Phi) is 3.63. The molecule has 1 aliphatic rings. The second kappa shape index (κ2) is 5.25. The third-order valence-corrected chi connectivity index (χ3v) is 5.17. The van der Waals surface area contributed by atoms with Gasteiger partial charge in [-0.3, -0.25) is 0 Å². The van der Waals surface area contributed by atoms with Gasteiger partial charge in [-0.1, -0.05) is 19.8 Å². The number of aryl methyl sites for hydroxylation is 1. The smallest absolute Gasteiger partial charge is 0.225 e. The van der Waals surface area contributed by atoms with Crippen LogP contribution in [0.4, 0.5) is 5.82 Å². The molecule has 0 radical (unpaired) electrons. The van der Waals surface area contributed by atoms with Gasteiger partial charge >= 0.3 is 0 Å². The fourth-order valence-corrected chi connectivity index (χ4v) is 4.00. The first-order valence-corrected chi connectivity index (χ1v) is 8.00. The van der Waals surface area contributed by atoms with E-state index >= 15 is 0 Å². The van der Waals surface area contributed by atoms with Gasteiger partial charge in [-0.05, 0) is 42.8 Å². The van der Waals surface area contributed by atoms with Crippen LogP contribution in [-0.2, 0) is 0 Å². The van der Waals surface area contributed by atoms with Crippen molar-refractivity contribution >= 4 is 39.0 Å². The molecule has 19 heavy (non-hydrogen) atoms. The van der Waals surface area contributed by atoms with Crippen LogP contribution in [0.5, 0.6) is 0 Å². The SMILES string of the molecule is Cc1cc2c(NCC3CCCC3C)nc(Cl)nc2s1. The maximum absolute atomic E-state index is 6.00. The lowest BCUT2D eigenvalue weighted by Crippen LogP contribution is -2.17. The zero-order valence-corrected chi connectivity index (χ0v) is 12.8. The van der Waals surface area contributed by atoms with E-state index in [-0.39, 0.29) is 0 Å². The molecule has 0 spiro atoms. The second-order valence-electron chi connectivity index (χ2n) is 5.47. The molecule has 0 amide bonds. The molecule has 5 heteroatoms. The first-order chi connectivity index (χ1) is 9.13. The fraction of sp³-hybridized carbons (Fsp3) is 0.571. The third kappa shape index (κ3) is 2.70. The number of nitrogens with one attached hydrogen (secondary N) is 1. The third-order valence-electron chi connectivity index (χ3n) is 4.06. The van der Waals surface area contributed by atoms with Crippen LogP contribution < -0.4 is 5.32 Å². The summed E-state index contributed by atoms with van der Waals surface area (Å²) in [6.45, 7) is 5.41. The lowest BCUT2D eigenvalue weighted by Gasteiger charge is -2.16. The molecular formula is C14H18ClN3S. The molecule has 2 unspecified atom stereocenters. The van der Waals surface area contributed by atoms with Crippen molar-refractivity contribution in [2.24, 2.45) is 11.8 Å². The first-order valence-electron chi connectivity index (χ1n) is 6.81. The van der Waals surface area contributed by atoms with E-state index in [1.54, 1.807) is 11.3 Å². The molecule has 1 aliphatic carbocycles. The molecule has 0 saturated heterocycles. The van der Waals surface area contributed by atoms with Crippen molar-refractivity contribution in [2.75, 3.05) is 11.9 Å². The first kappa shape index (κ1) is 13.1. The number of aromatic nitrogens is 2. The molecule has 102 valence electrons. The summed E-state index contributed by atoms with van der Waals surface area (Å²) >= 11 is 7.67. The summed E-state index contributed by atoms with van der Waals surface area (Å²) in [4.78, 5) is 10.8. The van der Waals surface area contributed by atoms with Gasteiger partial charge in [0, 0.05) is 11.4 Å². The van der Waals surface area contributed by atoms with Gasteiger partial charge < -0.3 is 5.32 Å². The Morgan fingerprint density at radius 2 is 2.26 bits per heavy atom. The highest BCUT2D eigenvalue weighted by molar-refractivity contribution is 7.18. The molecule has 1 N–H and O–H groups in total. The van der Waals surface area contributed by atoms with E-state index in [0.29, 0.717) is 5.28 Å². The Hall–Kier alpha value is -0.870. The summed E-state index contributed by atoms with van der Waals surface area (Å²) in [6.07, 6.45) is 4.02. The van der Waals surface area contributed by atoms with E-state index in [9.17, 15) is 0 Å². The van der Waals surface area contributed by atoms with Crippen molar-refractivity contribution in [1.29, 1.82) is 0 Å². The summed E-state index contributed by atoms with van der Waals surface area (Å²) in [5, 5.41) is 4.91. The molecule has 0 aliphatic heterocycles. The number of thiophene rings is 1. The summed E-state index contributed by atoms with van der Waals surface area (Å²) in [7, 11) is 0. The Balaban J connectivity index is 1.83. The predicted octanol–water partition coefficient (Wildman–Crippen LogP) is 4.50. The largest absolute Gasteiger partial charge is 0.369 e. The second-order valence-corrected chi connectivity index (χ2v) is 7.04. The normalized spacial score (nSPS) is 23.1. The Morgan fingerprint density at radius 3 is 3.00 bits per heavy atom. The number of hydrogen-bond acceptors (Lipinski definition) is 4. The van der Waals surface area contributed by atoms with E-state index in [1.165, 1.54) is 24.1 Å². The Bertz CT molecular complexity index is 596. The molecule has 0 aromatic carbocycles. The average molecular weight is 296 g/mol. The highest BCUT2D eigenvalue weighted by atomic mass is 35.5. The summed E-state index contributed by atoms with van der Waals surface area (Å²) in [5.41, 5.74) is 0. The topological polar surface area (TPSA) is 37.8 Å². The number of rotatable bonds is 3. The molecule has 1 fully saturated rings. The minimum atomic E-state index is 0.330. The van der Waals surface area contributed by atoms with Crippen LogP contribution in [0.15, 0.2) is 6.07 Å². The maximum Gasteiger partial charge on any atom is 0.225 e. The van der Waals surface area contributed by atoms with Crippen molar-refractivity contribution in [3.8, 4) is 0 Å². The van der Waals surface area contributed by atoms with E-state index in [1.807, 2.05) is 0 Å². The summed E-state index contributed by atoms with van der Waals surface area (Å²) in [5.74, 6) is 2.45. The van der Waals surface area contributed by atoms with Crippen LogP contribution in [-0.4, -0.2) is 16.5 Å². The lowest BCUT2D eigenvalue weighted by atomic mass is 9.98. The van der Waals surface area contributed by atoms with Crippen LogP contribution in [0, 0.1) is 18.8 Å². The minimum absolute atomic E-state index is 0.330. The van der Waals surface area contributed by atoms with E-state index in [0.717, 1.165) is 34.4 Å². The summed E-state index contributed by atoms with van der Waals surface area (Å²) in [6, 6.07) is 2.14. The zero-order chi connectivity index (χ0) is 13.4. The molecule has 2 atom stereocenters. The number of anilines is 1. The van der Waals surface area contributed by atoms with E-state index < -0.39 is 0 Å². The zero-order valence-electron chi connectivity index (χ0n) is 11.2. The minimum Gasteiger partial charge on any atom is -0.369 e. The van der Waals surface area contributed by atoms with Gasteiger partial charge in [0.1, 0.15) is 10.6 Å². The molecule has 1 saturated carbocycles. The van der Waals surface area contributed by atoms with E-state index in [2.05, 4.69) is 35.2 Å². The maximum atomic E-state index is 6.00.